The summed E-state index contributed by atoms with van der Waals surface area (Å²) in [4.78, 5) is 2.28. The molecule has 1 aliphatic rings. The molecule has 0 spiro atoms. The number of hydrogen-bond donors (Lipinski definition) is 0. The van der Waals surface area contributed by atoms with Gasteiger partial charge in [-0.2, -0.15) is 0 Å². The Morgan fingerprint density at radius 3 is 2.71 bits per heavy atom. The Balaban J connectivity index is 0.00000144. The summed E-state index contributed by atoms with van der Waals surface area (Å²) in [5.74, 6) is 0.337. The number of nitrogens with zero attached hydrogens (tertiary/aromatic N) is 1. The quantitative estimate of drug-likeness (QED) is 0.774. The first-order chi connectivity index (χ1) is 7.78. The monoisotopic (exact) mass is 259 g/mol. The molecule has 1 saturated heterocycles. The van der Waals surface area contributed by atoms with Crippen LogP contribution in [0.1, 0.15) is 13.0 Å². The first-order valence-electron chi connectivity index (χ1n) is 5.42. The first kappa shape index (κ1) is 14.4. The van der Waals surface area contributed by atoms with Gasteiger partial charge in [0, 0.05) is 25.5 Å². The van der Waals surface area contributed by atoms with Crippen molar-refractivity contribution in [3.8, 4) is 0 Å². The van der Waals surface area contributed by atoms with Crippen LogP contribution in [0, 0.1) is 5.82 Å². The number of ether oxygens (including phenoxy) is 1. The van der Waals surface area contributed by atoms with Gasteiger partial charge in [0.25, 0.3) is 0 Å². The zero-order chi connectivity index (χ0) is 11.4. The SMILES string of the molecule is C.Fc1ccc(CN2CCO[C@@H](CCl)C2)cc1. The summed E-state index contributed by atoms with van der Waals surface area (Å²) in [6.45, 7) is 3.31. The first-order valence-corrected chi connectivity index (χ1v) is 5.96. The average molecular weight is 260 g/mol. The fourth-order valence-corrected chi connectivity index (χ4v) is 2.05. The molecule has 1 aliphatic heterocycles. The molecule has 1 atom stereocenters. The summed E-state index contributed by atoms with van der Waals surface area (Å²) in [5, 5.41) is 0. The third kappa shape index (κ3) is 4.26. The Morgan fingerprint density at radius 2 is 2.06 bits per heavy atom. The van der Waals surface area contributed by atoms with E-state index in [9.17, 15) is 4.39 Å². The number of alkyl halides is 1. The number of benzene rings is 1. The van der Waals surface area contributed by atoms with Crippen molar-refractivity contribution in [3.05, 3.63) is 35.6 Å². The minimum Gasteiger partial charge on any atom is -0.374 e. The van der Waals surface area contributed by atoms with Crippen LogP contribution in [-0.4, -0.2) is 36.6 Å². The van der Waals surface area contributed by atoms with E-state index in [1.54, 1.807) is 0 Å². The van der Waals surface area contributed by atoms with Gasteiger partial charge in [-0.15, -0.1) is 11.6 Å². The fraction of sp³-hybridized carbons (Fsp3) is 0.538. The zero-order valence-electron chi connectivity index (χ0n) is 9.03. The van der Waals surface area contributed by atoms with E-state index in [1.807, 2.05) is 12.1 Å². The second-order valence-electron chi connectivity index (χ2n) is 4.01. The van der Waals surface area contributed by atoms with Gasteiger partial charge in [-0.3, -0.25) is 4.90 Å². The smallest absolute Gasteiger partial charge is 0.123 e. The van der Waals surface area contributed by atoms with Crippen LogP contribution in [0.3, 0.4) is 0 Å². The molecule has 1 fully saturated rings. The molecule has 0 unspecified atom stereocenters. The van der Waals surface area contributed by atoms with Gasteiger partial charge in [0.05, 0.1) is 12.7 Å². The average Bonchev–Trinajstić information content (AvgIpc) is 2.32. The Morgan fingerprint density at radius 1 is 1.35 bits per heavy atom. The molecular weight excluding hydrogens is 241 g/mol. The van der Waals surface area contributed by atoms with Gasteiger partial charge in [0.2, 0.25) is 0 Å². The van der Waals surface area contributed by atoms with Gasteiger partial charge in [0.1, 0.15) is 5.82 Å². The number of rotatable bonds is 3. The van der Waals surface area contributed by atoms with Crippen molar-refractivity contribution in [1.29, 1.82) is 0 Å². The van der Waals surface area contributed by atoms with Crippen LogP contribution in [-0.2, 0) is 11.3 Å². The molecule has 17 heavy (non-hydrogen) atoms. The second kappa shape index (κ2) is 6.94. The third-order valence-corrected chi connectivity index (χ3v) is 3.06. The molecule has 2 rings (SSSR count). The summed E-state index contributed by atoms with van der Waals surface area (Å²) < 4.78 is 18.2. The van der Waals surface area contributed by atoms with Crippen molar-refractivity contribution in [2.75, 3.05) is 25.6 Å². The van der Waals surface area contributed by atoms with E-state index in [4.69, 9.17) is 16.3 Å². The number of hydrogen-bond acceptors (Lipinski definition) is 2. The minimum absolute atomic E-state index is 0. The largest absolute Gasteiger partial charge is 0.374 e. The molecule has 1 aromatic rings. The van der Waals surface area contributed by atoms with Gasteiger partial charge in [0.15, 0.2) is 0 Å². The zero-order valence-corrected chi connectivity index (χ0v) is 9.79. The lowest BCUT2D eigenvalue weighted by Crippen LogP contribution is -2.42. The summed E-state index contributed by atoms with van der Waals surface area (Å²) in [7, 11) is 0. The Bertz CT molecular complexity index is 331. The molecule has 0 bridgehead atoms. The van der Waals surface area contributed by atoms with Crippen LogP contribution in [0.5, 0.6) is 0 Å². The lowest BCUT2D eigenvalue weighted by molar-refractivity contribution is -0.0194. The van der Waals surface area contributed by atoms with E-state index in [0.29, 0.717) is 5.88 Å². The molecule has 0 saturated carbocycles. The molecule has 4 heteroatoms. The van der Waals surface area contributed by atoms with Gasteiger partial charge in [-0.1, -0.05) is 19.6 Å². The van der Waals surface area contributed by atoms with Crippen molar-refractivity contribution in [3.63, 3.8) is 0 Å². The maximum atomic E-state index is 12.7. The number of morpholine rings is 1. The van der Waals surface area contributed by atoms with Gasteiger partial charge in [-0.25, -0.2) is 4.39 Å². The molecule has 1 heterocycles. The van der Waals surface area contributed by atoms with Crippen molar-refractivity contribution < 1.29 is 9.13 Å². The van der Waals surface area contributed by atoms with Gasteiger partial charge >= 0.3 is 0 Å². The van der Waals surface area contributed by atoms with Crippen molar-refractivity contribution in [1.82, 2.24) is 4.90 Å². The topological polar surface area (TPSA) is 12.5 Å². The van der Waals surface area contributed by atoms with E-state index < -0.39 is 0 Å². The van der Waals surface area contributed by atoms with Crippen LogP contribution in [0.15, 0.2) is 24.3 Å². The predicted molar refractivity (Wildman–Crippen MR) is 68.9 cm³/mol. The molecular formula is C13H19ClFNO. The van der Waals surface area contributed by atoms with E-state index >= 15 is 0 Å². The lowest BCUT2D eigenvalue weighted by Gasteiger charge is -2.31. The van der Waals surface area contributed by atoms with Crippen molar-refractivity contribution in [2.24, 2.45) is 0 Å². The second-order valence-corrected chi connectivity index (χ2v) is 4.32. The summed E-state index contributed by atoms with van der Waals surface area (Å²) in [6.07, 6.45) is 0.121. The van der Waals surface area contributed by atoms with Gasteiger partial charge in [-0.05, 0) is 17.7 Å². The van der Waals surface area contributed by atoms with Crippen LogP contribution >= 0.6 is 11.6 Å². The normalized spacial score (nSPS) is 20.9. The summed E-state index contributed by atoms with van der Waals surface area (Å²) >= 11 is 5.77. The van der Waals surface area contributed by atoms with Crippen molar-refractivity contribution >= 4 is 11.6 Å². The van der Waals surface area contributed by atoms with Crippen LogP contribution in [0.2, 0.25) is 0 Å². The maximum Gasteiger partial charge on any atom is 0.123 e. The van der Waals surface area contributed by atoms with Crippen LogP contribution < -0.4 is 0 Å². The molecule has 0 N–H and O–H groups in total. The predicted octanol–water partition coefficient (Wildman–Crippen LogP) is 2.90. The van der Waals surface area contributed by atoms with E-state index in [-0.39, 0.29) is 19.3 Å². The van der Waals surface area contributed by atoms with Gasteiger partial charge < -0.3 is 4.74 Å². The molecule has 1 aromatic carbocycles. The molecule has 96 valence electrons. The summed E-state index contributed by atoms with van der Waals surface area (Å²) in [6, 6.07) is 6.63. The Labute approximate surface area is 107 Å². The summed E-state index contributed by atoms with van der Waals surface area (Å²) in [5.41, 5.74) is 1.12. The number of halogens is 2. The highest BCUT2D eigenvalue weighted by molar-refractivity contribution is 6.18. The van der Waals surface area contributed by atoms with Crippen LogP contribution in [0.4, 0.5) is 4.39 Å². The minimum atomic E-state index is -0.190. The molecule has 0 aliphatic carbocycles. The Kier molecular flexibility index (Phi) is 5.89. The maximum absolute atomic E-state index is 12.7. The molecule has 0 amide bonds. The molecule has 2 nitrogen and oxygen atoms in total. The third-order valence-electron chi connectivity index (χ3n) is 2.71. The van der Waals surface area contributed by atoms with Crippen molar-refractivity contribution in [2.45, 2.75) is 20.1 Å². The highest BCUT2D eigenvalue weighted by atomic mass is 35.5. The lowest BCUT2D eigenvalue weighted by atomic mass is 10.2. The van der Waals surface area contributed by atoms with E-state index in [1.165, 1.54) is 12.1 Å². The fourth-order valence-electron chi connectivity index (χ4n) is 1.87. The Hall–Kier alpha value is -0.640. The molecule has 0 radical (unpaired) electrons. The highest BCUT2D eigenvalue weighted by Crippen LogP contribution is 2.11. The molecule has 0 aromatic heterocycles. The highest BCUT2D eigenvalue weighted by Gasteiger charge is 2.19. The van der Waals surface area contributed by atoms with E-state index in [0.717, 1.165) is 31.8 Å². The van der Waals surface area contributed by atoms with E-state index in [2.05, 4.69) is 4.90 Å². The van der Waals surface area contributed by atoms with Crippen LogP contribution in [0.25, 0.3) is 0 Å². The standard InChI is InChI=1S/C12H15ClFNO.CH4/c13-7-12-9-15(5-6-16-12)8-10-1-3-11(14)4-2-10;/h1-4,12H,5-9H2;1H4/t12-;/m0./s1.